The zero-order chi connectivity index (χ0) is 10.0. The normalized spacial score (nSPS) is 33.1. The Morgan fingerprint density at radius 2 is 2.57 bits per heavy atom. The Balaban J connectivity index is 2.15. The van der Waals surface area contributed by atoms with Crippen LogP contribution in [0.15, 0.2) is 11.6 Å². The minimum atomic E-state index is -0.118. The van der Waals surface area contributed by atoms with E-state index in [-0.39, 0.29) is 5.54 Å². The molecule has 1 aromatic heterocycles. The molecule has 0 spiro atoms. The highest BCUT2D eigenvalue weighted by Gasteiger charge is 2.35. The minimum Gasteiger partial charge on any atom is -0.319 e. The smallest absolute Gasteiger partial charge is 0.112 e. The van der Waals surface area contributed by atoms with Crippen molar-refractivity contribution in [2.24, 2.45) is 11.7 Å². The summed E-state index contributed by atoms with van der Waals surface area (Å²) >= 11 is 1.70. The van der Waals surface area contributed by atoms with Gasteiger partial charge in [-0.2, -0.15) is 0 Å². The lowest BCUT2D eigenvalue weighted by Crippen LogP contribution is -2.41. The number of nitrogens with zero attached hydrogens (tertiary/aromatic N) is 1. The molecule has 2 unspecified atom stereocenters. The van der Waals surface area contributed by atoms with Gasteiger partial charge in [-0.3, -0.25) is 0 Å². The van der Waals surface area contributed by atoms with Gasteiger partial charge in [0.25, 0.3) is 0 Å². The van der Waals surface area contributed by atoms with Crippen LogP contribution in [0.25, 0.3) is 0 Å². The Labute approximate surface area is 89.5 Å². The Hall–Kier alpha value is -0.410. The maximum Gasteiger partial charge on any atom is 0.112 e. The van der Waals surface area contributed by atoms with Gasteiger partial charge in [0.05, 0.1) is 5.54 Å². The Bertz CT molecular complexity index is 283. The van der Waals surface area contributed by atoms with Crippen LogP contribution >= 0.6 is 11.3 Å². The molecule has 14 heavy (non-hydrogen) atoms. The zero-order valence-electron chi connectivity index (χ0n) is 8.70. The van der Waals surface area contributed by atoms with Crippen LogP contribution in [0.5, 0.6) is 0 Å². The van der Waals surface area contributed by atoms with E-state index in [1.165, 1.54) is 19.3 Å². The fourth-order valence-corrected chi connectivity index (χ4v) is 3.23. The largest absolute Gasteiger partial charge is 0.319 e. The molecular weight excluding hydrogens is 192 g/mol. The zero-order valence-corrected chi connectivity index (χ0v) is 9.52. The van der Waals surface area contributed by atoms with Crippen molar-refractivity contribution in [3.63, 3.8) is 0 Å². The Morgan fingerprint density at radius 1 is 1.71 bits per heavy atom. The second kappa shape index (κ2) is 3.99. The topological polar surface area (TPSA) is 38.9 Å². The molecule has 0 aromatic carbocycles. The molecule has 1 heterocycles. The molecule has 1 aliphatic carbocycles. The van der Waals surface area contributed by atoms with Gasteiger partial charge in [0, 0.05) is 11.6 Å². The number of nitrogens with two attached hydrogens (primary N) is 1. The van der Waals surface area contributed by atoms with Gasteiger partial charge >= 0.3 is 0 Å². The van der Waals surface area contributed by atoms with E-state index in [2.05, 4.69) is 11.9 Å². The maximum absolute atomic E-state index is 6.44. The lowest BCUT2D eigenvalue weighted by molar-refractivity contribution is 0.221. The first kappa shape index (κ1) is 10.1. The molecule has 2 N–H and O–H groups in total. The summed E-state index contributed by atoms with van der Waals surface area (Å²) in [4.78, 5) is 4.37. The van der Waals surface area contributed by atoms with Gasteiger partial charge in [0.2, 0.25) is 0 Å². The van der Waals surface area contributed by atoms with Crippen LogP contribution in [0.1, 0.15) is 44.0 Å². The van der Waals surface area contributed by atoms with Crippen molar-refractivity contribution in [2.75, 3.05) is 0 Å². The molecular formula is C11H18N2S. The molecule has 0 bridgehead atoms. The van der Waals surface area contributed by atoms with Crippen molar-refractivity contribution in [1.29, 1.82) is 0 Å². The Morgan fingerprint density at radius 3 is 3.21 bits per heavy atom. The first-order valence-electron chi connectivity index (χ1n) is 5.43. The summed E-state index contributed by atoms with van der Waals surface area (Å²) in [5.74, 6) is 0.803. The first-order valence-corrected chi connectivity index (χ1v) is 6.31. The fourth-order valence-electron chi connectivity index (χ4n) is 2.44. The molecule has 1 aromatic rings. The van der Waals surface area contributed by atoms with Crippen molar-refractivity contribution in [1.82, 2.24) is 4.98 Å². The first-order chi connectivity index (χ1) is 6.74. The van der Waals surface area contributed by atoms with Crippen LogP contribution in [-0.2, 0) is 5.54 Å². The monoisotopic (exact) mass is 210 g/mol. The molecule has 78 valence electrons. The van der Waals surface area contributed by atoms with Gasteiger partial charge in [0.15, 0.2) is 0 Å². The van der Waals surface area contributed by atoms with Gasteiger partial charge in [0.1, 0.15) is 5.01 Å². The van der Waals surface area contributed by atoms with E-state index in [4.69, 9.17) is 5.73 Å². The van der Waals surface area contributed by atoms with E-state index in [1.54, 1.807) is 11.3 Å². The molecule has 1 fully saturated rings. The van der Waals surface area contributed by atoms with Crippen molar-refractivity contribution in [2.45, 2.75) is 44.6 Å². The molecule has 0 saturated heterocycles. The fraction of sp³-hybridized carbons (Fsp3) is 0.727. The van der Waals surface area contributed by atoms with Crippen LogP contribution in [-0.4, -0.2) is 4.98 Å². The van der Waals surface area contributed by atoms with Crippen molar-refractivity contribution < 1.29 is 0 Å². The average Bonchev–Trinajstić information content (AvgIpc) is 2.71. The molecule has 2 nitrogen and oxygen atoms in total. The highest BCUT2D eigenvalue weighted by atomic mass is 32.1. The van der Waals surface area contributed by atoms with Crippen molar-refractivity contribution in [3.05, 3.63) is 16.6 Å². The second-order valence-electron chi connectivity index (χ2n) is 4.36. The summed E-state index contributed by atoms with van der Waals surface area (Å²) in [7, 11) is 0. The average molecular weight is 210 g/mol. The molecule has 1 saturated carbocycles. The SMILES string of the molecule is CCC1CCCC(N)(c2nccs2)C1. The highest BCUT2D eigenvalue weighted by Crippen LogP contribution is 2.39. The van der Waals surface area contributed by atoms with E-state index < -0.39 is 0 Å². The predicted octanol–water partition coefficient (Wildman–Crippen LogP) is 2.90. The minimum absolute atomic E-state index is 0.118. The number of thiazole rings is 1. The number of rotatable bonds is 2. The second-order valence-corrected chi connectivity index (χ2v) is 5.26. The van der Waals surface area contributed by atoms with Crippen LogP contribution in [0.4, 0.5) is 0 Å². The Kier molecular flexibility index (Phi) is 2.88. The lowest BCUT2D eigenvalue weighted by Gasteiger charge is -2.36. The van der Waals surface area contributed by atoms with Gasteiger partial charge < -0.3 is 5.73 Å². The highest BCUT2D eigenvalue weighted by molar-refractivity contribution is 7.09. The third kappa shape index (κ3) is 1.84. The third-order valence-electron chi connectivity index (χ3n) is 3.32. The molecule has 1 aliphatic rings. The summed E-state index contributed by atoms with van der Waals surface area (Å²) in [5.41, 5.74) is 6.32. The van der Waals surface area contributed by atoms with Crippen LogP contribution in [0.2, 0.25) is 0 Å². The maximum atomic E-state index is 6.44. The third-order valence-corrected chi connectivity index (χ3v) is 4.32. The van der Waals surface area contributed by atoms with E-state index in [9.17, 15) is 0 Å². The molecule has 3 heteroatoms. The summed E-state index contributed by atoms with van der Waals surface area (Å²) < 4.78 is 0. The van der Waals surface area contributed by atoms with E-state index in [0.717, 1.165) is 23.8 Å². The summed E-state index contributed by atoms with van der Waals surface area (Å²) in [5, 5.41) is 3.16. The van der Waals surface area contributed by atoms with E-state index in [0.29, 0.717) is 0 Å². The standard InChI is InChI=1S/C11H18N2S/c1-2-9-4-3-5-11(12,8-9)10-13-6-7-14-10/h6-7,9H,2-5,8,12H2,1H3. The predicted molar refractivity (Wildman–Crippen MR) is 60.2 cm³/mol. The van der Waals surface area contributed by atoms with Crippen molar-refractivity contribution >= 4 is 11.3 Å². The summed E-state index contributed by atoms with van der Waals surface area (Å²) in [6.07, 6.45) is 7.96. The van der Waals surface area contributed by atoms with Gasteiger partial charge in [-0.15, -0.1) is 11.3 Å². The molecule has 0 aliphatic heterocycles. The summed E-state index contributed by atoms with van der Waals surface area (Å²) in [6, 6.07) is 0. The van der Waals surface area contributed by atoms with E-state index in [1.807, 2.05) is 11.6 Å². The molecule has 2 atom stereocenters. The molecule has 0 radical (unpaired) electrons. The van der Waals surface area contributed by atoms with Crippen molar-refractivity contribution in [3.8, 4) is 0 Å². The number of hydrogen-bond acceptors (Lipinski definition) is 3. The van der Waals surface area contributed by atoms with Gasteiger partial charge in [-0.05, 0) is 18.8 Å². The molecule has 0 amide bonds. The lowest BCUT2D eigenvalue weighted by atomic mass is 9.76. The number of aromatic nitrogens is 1. The van der Waals surface area contributed by atoms with Crippen LogP contribution in [0, 0.1) is 5.92 Å². The van der Waals surface area contributed by atoms with Crippen LogP contribution < -0.4 is 5.73 Å². The number of hydrogen-bond donors (Lipinski definition) is 1. The van der Waals surface area contributed by atoms with Crippen LogP contribution in [0.3, 0.4) is 0 Å². The van der Waals surface area contributed by atoms with E-state index >= 15 is 0 Å². The summed E-state index contributed by atoms with van der Waals surface area (Å²) in [6.45, 7) is 2.26. The quantitative estimate of drug-likeness (QED) is 0.815. The van der Waals surface area contributed by atoms with Gasteiger partial charge in [-0.25, -0.2) is 4.98 Å². The van der Waals surface area contributed by atoms with Gasteiger partial charge in [-0.1, -0.05) is 26.2 Å². The molecule has 2 rings (SSSR count).